The lowest BCUT2D eigenvalue weighted by Gasteiger charge is -2.32. The molecule has 6 heteroatoms. The molecule has 2 aliphatic rings. The first kappa shape index (κ1) is 14.7. The smallest absolute Gasteiger partial charge is 0.411 e. The molecule has 1 N–H and O–H groups in total. The molecule has 1 aromatic carbocycles. The first-order valence-corrected chi connectivity index (χ1v) is 7.33. The zero-order chi connectivity index (χ0) is 15.3. The second-order valence-corrected chi connectivity index (χ2v) is 6.53. The van der Waals surface area contributed by atoms with Crippen molar-refractivity contribution >= 4 is 29.3 Å². The summed E-state index contributed by atoms with van der Waals surface area (Å²) in [5.41, 5.74) is 0.602. The van der Waals surface area contributed by atoms with Crippen molar-refractivity contribution in [1.82, 2.24) is 4.90 Å². The van der Waals surface area contributed by atoms with E-state index in [2.05, 4.69) is 0 Å². The van der Waals surface area contributed by atoms with Crippen LogP contribution in [0.15, 0.2) is 30.5 Å². The summed E-state index contributed by atoms with van der Waals surface area (Å²) in [4.78, 5) is 12.5. The average molecular weight is 328 g/mol. The number of carbonyl (C=O) groups is 1. The summed E-state index contributed by atoms with van der Waals surface area (Å²) >= 11 is 12.1. The third-order valence-corrected chi connectivity index (χ3v) is 5.29. The highest BCUT2D eigenvalue weighted by Gasteiger charge is 2.68. The highest BCUT2D eigenvalue weighted by molar-refractivity contribution is 6.42. The molecule has 1 aliphatic carbocycles. The van der Waals surface area contributed by atoms with Gasteiger partial charge in [0.15, 0.2) is 0 Å². The highest BCUT2D eigenvalue weighted by atomic mass is 35.5. The Balaban J connectivity index is 2.02. The number of halogens is 2. The lowest BCUT2D eigenvalue weighted by atomic mass is 9.84. The Kier molecular flexibility index (Phi) is 3.43. The van der Waals surface area contributed by atoms with Gasteiger partial charge in [-0.2, -0.15) is 0 Å². The van der Waals surface area contributed by atoms with Crippen LogP contribution in [-0.2, 0) is 10.2 Å². The summed E-state index contributed by atoms with van der Waals surface area (Å²) in [5, 5.41) is 10.2. The molecule has 1 saturated carbocycles. The highest BCUT2D eigenvalue weighted by Crippen LogP contribution is 2.67. The Labute approximate surface area is 132 Å². The second kappa shape index (κ2) is 4.90. The van der Waals surface area contributed by atoms with Crippen LogP contribution in [0.5, 0.6) is 0 Å². The number of benzene rings is 1. The minimum atomic E-state index is -0.948. The number of rotatable bonds is 3. The molecule has 0 radical (unpaired) electrons. The molecule has 1 aromatic rings. The van der Waals surface area contributed by atoms with E-state index >= 15 is 0 Å². The maximum absolute atomic E-state index is 11.2. The molecule has 0 aromatic heterocycles. The number of methoxy groups -OCH3 is 1. The molecule has 1 amide bonds. The van der Waals surface area contributed by atoms with Crippen molar-refractivity contribution < 1.29 is 14.6 Å². The molecule has 21 heavy (non-hydrogen) atoms. The topological polar surface area (TPSA) is 49.8 Å². The molecule has 4 nitrogen and oxygen atoms in total. The van der Waals surface area contributed by atoms with E-state index in [1.165, 1.54) is 4.90 Å². The van der Waals surface area contributed by atoms with Gasteiger partial charge in [0.2, 0.25) is 0 Å². The second-order valence-electron chi connectivity index (χ2n) is 5.72. The predicted octanol–water partition coefficient (Wildman–Crippen LogP) is 3.78. The maximum Gasteiger partial charge on any atom is 0.411 e. The van der Waals surface area contributed by atoms with Crippen molar-refractivity contribution in [3.05, 3.63) is 46.1 Å². The van der Waals surface area contributed by atoms with Crippen molar-refractivity contribution in [3.63, 3.8) is 0 Å². The first-order chi connectivity index (χ1) is 9.94. The predicted molar refractivity (Wildman–Crippen MR) is 80.9 cm³/mol. The van der Waals surface area contributed by atoms with Crippen LogP contribution in [0, 0.1) is 5.41 Å². The molecule has 1 aliphatic heterocycles. The fraction of sp³-hybridized carbons (Fsp3) is 0.400. The summed E-state index contributed by atoms with van der Waals surface area (Å²) in [7, 11) is 1.64. The normalized spacial score (nSPS) is 30.1. The molecule has 1 fully saturated rings. The number of hydrogen-bond acceptors (Lipinski definition) is 2. The van der Waals surface area contributed by atoms with Gasteiger partial charge in [0.25, 0.3) is 0 Å². The Morgan fingerprint density at radius 3 is 2.81 bits per heavy atom. The Morgan fingerprint density at radius 2 is 2.19 bits per heavy atom. The van der Waals surface area contributed by atoms with Gasteiger partial charge in [0.05, 0.1) is 16.7 Å². The van der Waals surface area contributed by atoms with Crippen LogP contribution in [0.25, 0.3) is 0 Å². The molecular weight excluding hydrogens is 313 g/mol. The molecule has 2 atom stereocenters. The summed E-state index contributed by atoms with van der Waals surface area (Å²) < 4.78 is 5.34. The van der Waals surface area contributed by atoms with E-state index in [0.29, 0.717) is 23.2 Å². The maximum atomic E-state index is 11.2. The van der Waals surface area contributed by atoms with Crippen LogP contribution in [0.3, 0.4) is 0 Å². The average Bonchev–Trinajstić information content (AvgIpc) is 3.11. The summed E-state index contributed by atoms with van der Waals surface area (Å²) in [6, 6.07) is 5.59. The van der Waals surface area contributed by atoms with Crippen molar-refractivity contribution in [2.24, 2.45) is 5.41 Å². The third-order valence-electron chi connectivity index (χ3n) is 4.55. The molecule has 0 spiro atoms. The molecular formula is C15H15Cl2NO3. The van der Waals surface area contributed by atoms with Crippen LogP contribution >= 0.6 is 23.2 Å². The van der Waals surface area contributed by atoms with Crippen molar-refractivity contribution in [3.8, 4) is 0 Å². The van der Waals surface area contributed by atoms with Gasteiger partial charge in [-0.3, -0.25) is 4.90 Å². The van der Waals surface area contributed by atoms with E-state index in [9.17, 15) is 9.90 Å². The number of allylic oxidation sites excluding steroid dienone is 1. The van der Waals surface area contributed by atoms with Gasteiger partial charge in [-0.15, -0.1) is 0 Å². The van der Waals surface area contributed by atoms with E-state index in [-0.39, 0.29) is 10.8 Å². The largest absolute Gasteiger partial charge is 0.465 e. The van der Waals surface area contributed by atoms with E-state index < -0.39 is 6.09 Å². The fourth-order valence-electron chi connectivity index (χ4n) is 3.43. The Morgan fingerprint density at radius 1 is 1.43 bits per heavy atom. The number of amides is 1. The standard InChI is InChI=1S/C15H15Cl2NO3/c1-21-9-14-7-15(14,4-5-18(8-14)13(19)20)10-2-3-11(16)12(17)6-10/h2-6H,7-9H2,1H3,(H,19,20)/t14-,15-/m0/s1. The fourth-order valence-corrected chi connectivity index (χ4v) is 3.73. The zero-order valence-electron chi connectivity index (χ0n) is 11.5. The molecule has 0 bridgehead atoms. The van der Waals surface area contributed by atoms with Gasteiger partial charge in [-0.05, 0) is 24.1 Å². The van der Waals surface area contributed by atoms with E-state index in [4.69, 9.17) is 27.9 Å². The number of fused-ring (bicyclic) bond motifs is 1. The van der Waals surface area contributed by atoms with Crippen LogP contribution in [-0.4, -0.2) is 36.4 Å². The van der Waals surface area contributed by atoms with Gasteiger partial charge < -0.3 is 9.84 Å². The first-order valence-electron chi connectivity index (χ1n) is 6.57. The Hall–Kier alpha value is -1.23. The van der Waals surface area contributed by atoms with E-state index in [0.717, 1.165) is 12.0 Å². The lowest BCUT2D eigenvalue weighted by Crippen LogP contribution is -2.39. The minimum absolute atomic E-state index is 0.219. The zero-order valence-corrected chi connectivity index (χ0v) is 13.0. The number of ether oxygens (including phenoxy) is 1. The van der Waals surface area contributed by atoms with Crippen molar-refractivity contribution in [2.75, 3.05) is 20.3 Å². The number of carboxylic acid groups (broad SMARTS) is 1. The molecule has 112 valence electrons. The number of nitrogens with zero attached hydrogens (tertiary/aromatic N) is 1. The van der Waals surface area contributed by atoms with Crippen LogP contribution in [0.1, 0.15) is 12.0 Å². The quantitative estimate of drug-likeness (QED) is 0.919. The summed E-state index contributed by atoms with van der Waals surface area (Å²) in [6.45, 7) is 0.925. The van der Waals surface area contributed by atoms with E-state index in [1.54, 1.807) is 19.4 Å². The molecule has 0 saturated heterocycles. The number of hydrogen-bond donors (Lipinski definition) is 1. The van der Waals surface area contributed by atoms with Gasteiger partial charge in [-0.1, -0.05) is 35.3 Å². The van der Waals surface area contributed by atoms with Gasteiger partial charge >= 0.3 is 6.09 Å². The third kappa shape index (κ3) is 2.13. The van der Waals surface area contributed by atoms with Crippen LogP contribution in [0.4, 0.5) is 4.79 Å². The summed E-state index contributed by atoms with van der Waals surface area (Å²) in [6.07, 6.45) is 3.47. The minimum Gasteiger partial charge on any atom is -0.465 e. The SMILES string of the molecule is COC[C@]12CN(C(=O)O)C=C[C@@]1(c1ccc(Cl)c(Cl)c1)C2. The van der Waals surface area contributed by atoms with Gasteiger partial charge in [-0.25, -0.2) is 4.79 Å². The Bertz CT molecular complexity index is 633. The molecule has 0 unspecified atom stereocenters. The monoisotopic (exact) mass is 327 g/mol. The van der Waals surface area contributed by atoms with Crippen LogP contribution in [0.2, 0.25) is 10.0 Å². The van der Waals surface area contributed by atoms with Crippen molar-refractivity contribution in [1.29, 1.82) is 0 Å². The van der Waals surface area contributed by atoms with Gasteiger partial charge in [0.1, 0.15) is 0 Å². The lowest BCUT2D eigenvalue weighted by molar-refractivity contribution is 0.0986. The summed E-state index contributed by atoms with van der Waals surface area (Å²) in [5.74, 6) is 0. The van der Waals surface area contributed by atoms with Crippen molar-refractivity contribution in [2.45, 2.75) is 11.8 Å². The molecule has 1 heterocycles. The molecule has 3 rings (SSSR count). The van der Waals surface area contributed by atoms with Gasteiger partial charge in [0, 0.05) is 30.7 Å². The van der Waals surface area contributed by atoms with Crippen LogP contribution < -0.4 is 0 Å². The van der Waals surface area contributed by atoms with E-state index in [1.807, 2.05) is 18.2 Å².